The van der Waals surface area contributed by atoms with Gasteiger partial charge >= 0.3 is 0 Å². The van der Waals surface area contributed by atoms with E-state index < -0.39 is 10.0 Å². The van der Waals surface area contributed by atoms with E-state index >= 15 is 0 Å². The molecule has 128 valence electrons. The first-order valence-electron chi connectivity index (χ1n) is 7.95. The molecule has 3 rings (SSSR count). The molecule has 0 amide bonds. The Morgan fingerprint density at radius 2 is 1.96 bits per heavy atom. The summed E-state index contributed by atoms with van der Waals surface area (Å²) in [6, 6.07) is 10.3. The molecule has 0 bridgehead atoms. The Morgan fingerprint density at radius 3 is 2.62 bits per heavy atom. The van der Waals surface area contributed by atoms with Crippen LogP contribution < -0.4 is 14.2 Å². The maximum atomic E-state index is 12.6. The van der Waals surface area contributed by atoms with Gasteiger partial charge in [-0.2, -0.15) is 0 Å². The molecule has 1 aliphatic heterocycles. The Labute approximate surface area is 142 Å². The minimum Gasteiger partial charge on any atom is -0.492 e. The number of sulfonamides is 1. The third-order valence-corrected chi connectivity index (χ3v) is 5.26. The number of hydrogen-bond acceptors (Lipinski definition) is 4. The lowest BCUT2D eigenvalue weighted by molar-refractivity contribution is 0.254. The van der Waals surface area contributed by atoms with Crippen molar-refractivity contribution >= 4 is 15.7 Å². The van der Waals surface area contributed by atoms with Crippen LogP contribution in [0.5, 0.6) is 11.5 Å². The molecule has 1 atom stereocenters. The fourth-order valence-electron chi connectivity index (χ4n) is 2.72. The monoisotopic (exact) mass is 347 g/mol. The Morgan fingerprint density at radius 1 is 1.25 bits per heavy atom. The van der Waals surface area contributed by atoms with Crippen molar-refractivity contribution in [1.29, 1.82) is 0 Å². The van der Waals surface area contributed by atoms with E-state index in [2.05, 4.69) is 4.72 Å². The van der Waals surface area contributed by atoms with Crippen molar-refractivity contribution in [3.63, 3.8) is 0 Å². The number of nitrogens with one attached hydrogen (secondary N) is 1. The molecule has 0 radical (unpaired) electrons. The highest BCUT2D eigenvalue weighted by molar-refractivity contribution is 7.92. The molecule has 5 nitrogen and oxygen atoms in total. The van der Waals surface area contributed by atoms with Crippen molar-refractivity contribution in [3.8, 4) is 11.5 Å². The summed E-state index contributed by atoms with van der Waals surface area (Å²) in [5, 5.41) is 0. The maximum absolute atomic E-state index is 12.6. The fourth-order valence-corrected chi connectivity index (χ4v) is 3.78. The summed E-state index contributed by atoms with van der Waals surface area (Å²) in [6.07, 6.45) is 0.874. The van der Waals surface area contributed by atoms with Crippen LogP contribution in [0.4, 0.5) is 5.69 Å². The molecule has 0 unspecified atom stereocenters. The molecule has 1 N–H and O–H groups in total. The van der Waals surface area contributed by atoms with Gasteiger partial charge < -0.3 is 9.47 Å². The zero-order chi connectivity index (χ0) is 17.3. The molecule has 0 aromatic heterocycles. The van der Waals surface area contributed by atoms with Gasteiger partial charge in [-0.15, -0.1) is 0 Å². The molecular formula is C18H21NO4S. The Kier molecular flexibility index (Phi) is 4.41. The highest BCUT2D eigenvalue weighted by Gasteiger charge is 2.24. The van der Waals surface area contributed by atoms with Crippen molar-refractivity contribution in [2.75, 3.05) is 11.3 Å². The van der Waals surface area contributed by atoms with Gasteiger partial charge in [-0.25, -0.2) is 8.42 Å². The second kappa shape index (κ2) is 6.36. The normalized spacial score (nSPS) is 16.4. The van der Waals surface area contributed by atoms with Crippen LogP contribution in [0.1, 0.15) is 25.0 Å². The zero-order valence-corrected chi connectivity index (χ0v) is 14.8. The summed E-state index contributed by atoms with van der Waals surface area (Å²) >= 11 is 0. The summed E-state index contributed by atoms with van der Waals surface area (Å²) in [4.78, 5) is 0.213. The first-order valence-corrected chi connectivity index (χ1v) is 9.43. The molecule has 0 saturated heterocycles. The number of aryl methyl sites for hydroxylation is 1. The lowest BCUT2D eigenvalue weighted by atomic mass is 10.1. The Bertz CT molecular complexity index is 844. The quantitative estimate of drug-likeness (QED) is 0.899. The highest BCUT2D eigenvalue weighted by atomic mass is 32.2. The standard InChI is InChI=1S/C18H21NO4S/c1-4-22-18-10-14-9-13(3)23-17(14)11-16(18)19-24(20,21)15-7-5-12(2)6-8-15/h5-8,10-11,13,19H,4,9H2,1-3H3/t13-/m1/s1. The second-order valence-corrected chi connectivity index (χ2v) is 7.62. The van der Waals surface area contributed by atoms with Crippen LogP contribution in [0.3, 0.4) is 0 Å². The van der Waals surface area contributed by atoms with Crippen LogP contribution in [0.15, 0.2) is 41.3 Å². The summed E-state index contributed by atoms with van der Waals surface area (Å²) in [6.45, 7) is 6.21. The predicted molar refractivity (Wildman–Crippen MR) is 93.4 cm³/mol. The summed E-state index contributed by atoms with van der Waals surface area (Å²) in [5.41, 5.74) is 2.43. The topological polar surface area (TPSA) is 64.6 Å². The minimum absolute atomic E-state index is 0.0819. The average molecular weight is 347 g/mol. The number of rotatable bonds is 5. The lowest BCUT2D eigenvalue weighted by Gasteiger charge is -2.14. The molecular weight excluding hydrogens is 326 g/mol. The maximum Gasteiger partial charge on any atom is 0.262 e. The van der Waals surface area contributed by atoms with Crippen LogP contribution >= 0.6 is 0 Å². The largest absolute Gasteiger partial charge is 0.492 e. The van der Waals surface area contributed by atoms with E-state index in [1.165, 1.54) is 0 Å². The van der Waals surface area contributed by atoms with Crippen molar-refractivity contribution in [2.24, 2.45) is 0 Å². The number of anilines is 1. The average Bonchev–Trinajstić information content (AvgIpc) is 2.87. The molecule has 0 saturated carbocycles. The molecule has 0 aliphatic carbocycles. The smallest absolute Gasteiger partial charge is 0.262 e. The van der Waals surface area contributed by atoms with Crippen molar-refractivity contribution in [3.05, 3.63) is 47.5 Å². The van der Waals surface area contributed by atoms with Crippen LogP contribution in [-0.4, -0.2) is 21.1 Å². The third kappa shape index (κ3) is 3.33. The number of hydrogen-bond donors (Lipinski definition) is 1. The van der Waals surface area contributed by atoms with E-state index in [4.69, 9.17) is 9.47 Å². The molecule has 0 spiro atoms. The molecule has 2 aromatic rings. The Hall–Kier alpha value is -2.21. The van der Waals surface area contributed by atoms with Crippen molar-refractivity contribution < 1.29 is 17.9 Å². The summed E-state index contributed by atoms with van der Waals surface area (Å²) in [7, 11) is -3.69. The molecule has 1 heterocycles. The Balaban J connectivity index is 1.96. The van der Waals surface area contributed by atoms with Gasteiger partial charge in [0.25, 0.3) is 10.0 Å². The first-order chi connectivity index (χ1) is 11.4. The molecule has 0 fully saturated rings. The van der Waals surface area contributed by atoms with Gasteiger partial charge in [-0.1, -0.05) is 17.7 Å². The van der Waals surface area contributed by atoms with Crippen molar-refractivity contribution in [2.45, 2.75) is 38.2 Å². The highest BCUT2D eigenvalue weighted by Crippen LogP contribution is 2.38. The fraction of sp³-hybridized carbons (Fsp3) is 0.333. The number of benzene rings is 2. The number of fused-ring (bicyclic) bond motifs is 1. The minimum atomic E-state index is -3.69. The lowest BCUT2D eigenvalue weighted by Crippen LogP contribution is -2.14. The van der Waals surface area contributed by atoms with Gasteiger partial charge in [0.05, 0.1) is 17.2 Å². The second-order valence-electron chi connectivity index (χ2n) is 5.94. The van der Waals surface area contributed by atoms with E-state index in [-0.39, 0.29) is 11.0 Å². The van der Waals surface area contributed by atoms with Gasteiger partial charge in [0, 0.05) is 18.1 Å². The van der Waals surface area contributed by atoms with E-state index in [0.29, 0.717) is 23.8 Å². The van der Waals surface area contributed by atoms with E-state index in [9.17, 15) is 8.42 Å². The predicted octanol–water partition coefficient (Wildman–Crippen LogP) is 3.52. The first kappa shape index (κ1) is 16.6. The molecule has 24 heavy (non-hydrogen) atoms. The van der Waals surface area contributed by atoms with E-state index in [1.807, 2.05) is 26.8 Å². The van der Waals surface area contributed by atoms with E-state index in [0.717, 1.165) is 17.5 Å². The van der Waals surface area contributed by atoms with Crippen LogP contribution in [0, 0.1) is 6.92 Å². The molecule has 1 aliphatic rings. The van der Waals surface area contributed by atoms with Gasteiger partial charge in [0.15, 0.2) is 0 Å². The molecule has 6 heteroatoms. The van der Waals surface area contributed by atoms with Gasteiger partial charge in [0.2, 0.25) is 0 Å². The van der Waals surface area contributed by atoms with Gasteiger partial charge in [-0.05, 0) is 39.0 Å². The van der Waals surface area contributed by atoms with Gasteiger partial charge in [-0.3, -0.25) is 4.72 Å². The number of ether oxygens (including phenoxy) is 2. The molecule has 2 aromatic carbocycles. The van der Waals surface area contributed by atoms with Crippen LogP contribution in [0.25, 0.3) is 0 Å². The van der Waals surface area contributed by atoms with Gasteiger partial charge in [0.1, 0.15) is 17.6 Å². The van der Waals surface area contributed by atoms with Crippen LogP contribution in [0.2, 0.25) is 0 Å². The third-order valence-electron chi connectivity index (χ3n) is 3.87. The summed E-state index contributed by atoms with van der Waals surface area (Å²) < 4.78 is 39.2. The zero-order valence-electron chi connectivity index (χ0n) is 14.0. The van der Waals surface area contributed by atoms with Crippen LogP contribution in [-0.2, 0) is 16.4 Å². The van der Waals surface area contributed by atoms with Crippen molar-refractivity contribution in [1.82, 2.24) is 0 Å². The van der Waals surface area contributed by atoms with E-state index in [1.54, 1.807) is 30.3 Å². The summed E-state index contributed by atoms with van der Waals surface area (Å²) in [5.74, 6) is 1.22. The SMILES string of the molecule is CCOc1cc2c(cc1NS(=O)(=O)c1ccc(C)cc1)O[C@H](C)C2.